The second kappa shape index (κ2) is 9.12. The molecule has 0 saturated carbocycles. The number of halogens is 3. The Hall–Kier alpha value is -3.14. The van der Waals surface area contributed by atoms with Crippen LogP contribution >= 0.6 is 11.3 Å². The Morgan fingerprint density at radius 1 is 1.20 bits per heavy atom. The van der Waals surface area contributed by atoms with Crippen molar-refractivity contribution in [3.8, 4) is 0 Å². The molecule has 2 heterocycles. The predicted molar refractivity (Wildman–Crippen MR) is 106 cm³/mol. The molecule has 0 spiro atoms. The standard InChI is InChI=1S/C20H19F3N4O2S/c1-26(12-17-24-8-9-27(17)13-20(21,22)23)19(29)15-6-4-14(5-7-15)11-25-18(28)16-3-2-10-30-16/h2-10H,11-13H2,1H3,(H,25,28). The predicted octanol–water partition coefficient (Wildman–Crippen LogP) is 3.71. The van der Waals surface area contributed by atoms with Crippen LogP contribution in [0.5, 0.6) is 0 Å². The van der Waals surface area contributed by atoms with Gasteiger partial charge < -0.3 is 14.8 Å². The third-order valence-corrected chi connectivity index (χ3v) is 5.14. The minimum Gasteiger partial charge on any atom is -0.347 e. The van der Waals surface area contributed by atoms with E-state index in [9.17, 15) is 22.8 Å². The maximum absolute atomic E-state index is 12.6. The van der Waals surface area contributed by atoms with Crippen molar-refractivity contribution >= 4 is 23.2 Å². The van der Waals surface area contributed by atoms with Crippen LogP contribution in [0.15, 0.2) is 54.2 Å². The van der Waals surface area contributed by atoms with Crippen molar-refractivity contribution < 1.29 is 22.8 Å². The minimum absolute atomic E-state index is 0.0550. The van der Waals surface area contributed by atoms with Gasteiger partial charge in [0, 0.05) is 31.5 Å². The van der Waals surface area contributed by atoms with E-state index in [1.165, 1.54) is 35.7 Å². The molecule has 1 N–H and O–H groups in total. The van der Waals surface area contributed by atoms with Crippen molar-refractivity contribution in [2.24, 2.45) is 0 Å². The van der Waals surface area contributed by atoms with Crippen LogP contribution in [-0.4, -0.2) is 39.5 Å². The Labute approximate surface area is 175 Å². The van der Waals surface area contributed by atoms with Crippen molar-refractivity contribution in [3.05, 3.63) is 76.0 Å². The number of hydrogen-bond donors (Lipinski definition) is 1. The molecule has 0 unspecified atom stereocenters. The Morgan fingerprint density at radius 2 is 1.93 bits per heavy atom. The van der Waals surface area contributed by atoms with E-state index in [0.717, 1.165) is 10.1 Å². The number of imidazole rings is 1. The first kappa shape index (κ1) is 21.6. The summed E-state index contributed by atoms with van der Waals surface area (Å²) in [4.78, 5) is 30.4. The molecule has 0 radical (unpaired) electrons. The smallest absolute Gasteiger partial charge is 0.347 e. The lowest BCUT2D eigenvalue weighted by molar-refractivity contribution is -0.141. The molecule has 0 fully saturated rings. The molecule has 0 aliphatic rings. The Balaban J connectivity index is 1.57. The van der Waals surface area contributed by atoms with Crippen LogP contribution in [0.4, 0.5) is 13.2 Å². The van der Waals surface area contributed by atoms with E-state index < -0.39 is 12.7 Å². The third kappa shape index (κ3) is 5.69. The Kier molecular flexibility index (Phi) is 6.56. The number of amides is 2. The molecular weight excluding hydrogens is 417 g/mol. The molecule has 3 aromatic rings. The molecule has 30 heavy (non-hydrogen) atoms. The van der Waals surface area contributed by atoms with Crippen molar-refractivity contribution in [2.75, 3.05) is 7.05 Å². The van der Waals surface area contributed by atoms with E-state index in [0.29, 0.717) is 17.0 Å². The molecule has 2 amide bonds. The fourth-order valence-corrected chi connectivity index (χ4v) is 3.42. The van der Waals surface area contributed by atoms with Gasteiger partial charge in [-0.25, -0.2) is 4.98 Å². The third-order valence-electron chi connectivity index (χ3n) is 4.28. The van der Waals surface area contributed by atoms with Gasteiger partial charge in [0.1, 0.15) is 12.4 Å². The molecule has 6 nitrogen and oxygen atoms in total. The molecule has 1 aromatic carbocycles. The molecule has 0 aliphatic heterocycles. The number of nitrogens with zero attached hydrogens (tertiary/aromatic N) is 3. The molecule has 158 valence electrons. The number of carbonyl (C=O) groups is 2. The first-order valence-corrected chi connectivity index (χ1v) is 9.84. The van der Waals surface area contributed by atoms with Crippen molar-refractivity contribution in [1.29, 1.82) is 0 Å². The number of nitrogens with one attached hydrogen (secondary N) is 1. The summed E-state index contributed by atoms with van der Waals surface area (Å²) in [5, 5.41) is 4.62. The van der Waals surface area contributed by atoms with Crippen LogP contribution in [-0.2, 0) is 19.6 Å². The van der Waals surface area contributed by atoms with E-state index in [1.54, 1.807) is 36.4 Å². The maximum atomic E-state index is 12.6. The summed E-state index contributed by atoms with van der Waals surface area (Å²) < 4.78 is 38.9. The zero-order valence-corrected chi connectivity index (χ0v) is 16.8. The molecule has 0 atom stereocenters. The zero-order chi connectivity index (χ0) is 21.7. The molecule has 0 saturated heterocycles. The number of alkyl halides is 3. The fourth-order valence-electron chi connectivity index (χ4n) is 2.78. The second-order valence-corrected chi connectivity index (χ2v) is 7.55. The number of rotatable bonds is 7. The highest BCUT2D eigenvalue weighted by Gasteiger charge is 2.29. The van der Waals surface area contributed by atoms with Gasteiger partial charge in [0.25, 0.3) is 11.8 Å². The summed E-state index contributed by atoms with van der Waals surface area (Å²) in [6.45, 7) is -0.896. The van der Waals surface area contributed by atoms with Crippen molar-refractivity contribution in [3.63, 3.8) is 0 Å². The highest BCUT2D eigenvalue weighted by Crippen LogP contribution is 2.19. The highest BCUT2D eigenvalue weighted by atomic mass is 32.1. The topological polar surface area (TPSA) is 67.2 Å². The average Bonchev–Trinajstić information content (AvgIpc) is 3.37. The van der Waals surface area contributed by atoms with Crippen molar-refractivity contribution in [2.45, 2.75) is 25.8 Å². The molecule has 0 bridgehead atoms. The van der Waals surface area contributed by atoms with E-state index in [1.807, 2.05) is 5.38 Å². The number of aromatic nitrogens is 2. The second-order valence-electron chi connectivity index (χ2n) is 6.60. The normalized spacial score (nSPS) is 11.3. The van der Waals surface area contributed by atoms with Gasteiger partial charge >= 0.3 is 6.18 Å². The average molecular weight is 436 g/mol. The van der Waals surface area contributed by atoms with Gasteiger partial charge in [-0.1, -0.05) is 18.2 Å². The van der Waals surface area contributed by atoms with E-state index in [-0.39, 0.29) is 24.2 Å². The SMILES string of the molecule is CN(Cc1nccn1CC(F)(F)F)C(=O)c1ccc(CNC(=O)c2cccs2)cc1. The van der Waals surface area contributed by atoms with Gasteiger partial charge in [0.2, 0.25) is 0 Å². The quantitative estimate of drug-likeness (QED) is 0.614. The van der Waals surface area contributed by atoms with Crippen LogP contribution in [0, 0.1) is 0 Å². The fraction of sp³-hybridized carbons (Fsp3) is 0.250. The summed E-state index contributed by atoms with van der Waals surface area (Å²) in [5.41, 5.74) is 1.21. The number of benzene rings is 1. The van der Waals surface area contributed by atoms with Crippen LogP contribution in [0.25, 0.3) is 0 Å². The lowest BCUT2D eigenvalue weighted by atomic mass is 10.1. The van der Waals surface area contributed by atoms with Gasteiger partial charge in [-0.15, -0.1) is 11.3 Å². The number of carbonyl (C=O) groups excluding carboxylic acids is 2. The molecular formula is C20H19F3N4O2S. The molecule has 2 aromatic heterocycles. The molecule has 10 heteroatoms. The van der Waals surface area contributed by atoms with Crippen LogP contribution in [0.2, 0.25) is 0 Å². The lowest BCUT2D eigenvalue weighted by Crippen LogP contribution is -2.29. The van der Waals surface area contributed by atoms with Gasteiger partial charge in [-0.05, 0) is 29.1 Å². The van der Waals surface area contributed by atoms with Gasteiger partial charge in [0.15, 0.2) is 0 Å². The summed E-state index contributed by atoms with van der Waals surface area (Å²) in [5.74, 6) is -0.360. The maximum Gasteiger partial charge on any atom is 0.406 e. The Bertz CT molecular complexity index is 998. The van der Waals surface area contributed by atoms with Crippen molar-refractivity contribution in [1.82, 2.24) is 19.8 Å². The summed E-state index contributed by atoms with van der Waals surface area (Å²) in [6.07, 6.45) is -1.86. The number of hydrogen-bond acceptors (Lipinski definition) is 4. The molecule has 0 aliphatic carbocycles. The van der Waals surface area contributed by atoms with E-state index >= 15 is 0 Å². The first-order chi connectivity index (χ1) is 14.2. The first-order valence-electron chi connectivity index (χ1n) is 8.96. The summed E-state index contributed by atoms with van der Waals surface area (Å²) in [7, 11) is 1.50. The summed E-state index contributed by atoms with van der Waals surface area (Å²) >= 11 is 1.35. The van der Waals surface area contributed by atoms with Crippen LogP contribution in [0.1, 0.15) is 31.4 Å². The Morgan fingerprint density at radius 3 is 2.57 bits per heavy atom. The number of thiophene rings is 1. The lowest BCUT2D eigenvalue weighted by Gasteiger charge is -2.18. The van der Waals surface area contributed by atoms with Crippen LogP contribution in [0.3, 0.4) is 0 Å². The van der Waals surface area contributed by atoms with Gasteiger partial charge in [-0.2, -0.15) is 13.2 Å². The van der Waals surface area contributed by atoms with Gasteiger partial charge in [-0.3, -0.25) is 9.59 Å². The summed E-state index contributed by atoms with van der Waals surface area (Å²) in [6, 6.07) is 10.2. The van der Waals surface area contributed by atoms with E-state index in [4.69, 9.17) is 0 Å². The monoisotopic (exact) mass is 436 g/mol. The largest absolute Gasteiger partial charge is 0.406 e. The van der Waals surface area contributed by atoms with Crippen LogP contribution < -0.4 is 5.32 Å². The highest BCUT2D eigenvalue weighted by molar-refractivity contribution is 7.12. The zero-order valence-electron chi connectivity index (χ0n) is 16.0. The molecule has 3 rings (SSSR count). The van der Waals surface area contributed by atoms with E-state index in [2.05, 4.69) is 10.3 Å². The van der Waals surface area contributed by atoms with Gasteiger partial charge in [0.05, 0.1) is 11.4 Å². The minimum atomic E-state index is -4.37.